The van der Waals surface area contributed by atoms with Gasteiger partial charge in [0, 0.05) is 18.4 Å². The Balaban J connectivity index is 2.13. The van der Waals surface area contributed by atoms with Gasteiger partial charge in [-0.05, 0) is 30.7 Å². The van der Waals surface area contributed by atoms with Crippen molar-refractivity contribution in [2.45, 2.75) is 19.9 Å². The van der Waals surface area contributed by atoms with Crippen LogP contribution in [0, 0.1) is 11.3 Å². The lowest BCUT2D eigenvalue weighted by atomic mass is 10.1. The number of hydrogen-bond acceptors (Lipinski definition) is 3. The van der Waals surface area contributed by atoms with E-state index in [9.17, 15) is 4.79 Å². The second-order valence-electron chi connectivity index (χ2n) is 4.43. The van der Waals surface area contributed by atoms with E-state index in [2.05, 4.69) is 11.4 Å². The standard InChI is InChI=1S/C15H16N4O/c1-2-19-10-12(17)9-14(19)15(20)18-13-5-3-11(4-6-13)7-8-16/h3-6,9-10H,2,7,17H2,1H3,(H,18,20). The molecule has 1 aromatic heterocycles. The minimum Gasteiger partial charge on any atom is -0.397 e. The van der Waals surface area contributed by atoms with Crippen molar-refractivity contribution in [3.05, 3.63) is 47.8 Å². The number of nitrogens with two attached hydrogens (primary N) is 1. The third-order valence-corrected chi connectivity index (χ3v) is 2.99. The monoisotopic (exact) mass is 268 g/mol. The van der Waals surface area contributed by atoms with Crippen molar-refractivity contribution in [3.8, 4) is 6.07 Å². The van der Waals surface area contributed by atoms with Crippen LogP contribution in [0.25, 0.3) is 0 Å². The van der Waals surface area contributed by atoms with Gasteiger partial charge >= 0.3 is 0 Å². The van der Waals surface area contributed by atoms with E-state index in [1.165, 1.54) is 0 Å². The molecule has 0 saturated carbocycles. The molecule has 5 nitrogen and oxygen atoms in total. The maximum atomic E-state index is 12.2. The molecule has 102 valence electrons. The minimum absolute atomic E-state index is 0.198. The summed E-state index contributed by atoms with van der Waals surface area (Å²) >= 11 is 0. The molecule has 0 aliphatic heterocycles. The highest BCUT2D eigenvalue weighted by molar-refractivity contribution is 6.03. The number of aryl methyl sites for hydroxylation is 1. The van der Waals surface area contributed by atoms with Gasteiger partial charge in [-0.1, -0.05) is 12.1 Å². The summed E-state index contributed by atoms with van der Waals surface area (Å²) in [7, 11) is 0. The Morgan fingerprint density at radius 2 is 2.10 bits per heavy atom. The van der Waals surface area contributed by atoms with Crippen molar-refractivity contribution in [3.63, 3.8) is 0 Å². The van der Waals surface area contributed by atoms with E-state index in [1.807, 2.05) is 19.1 Å². The number of nitriles is 1. The molecule has 20 heavy (non-hydrogen) atoms. The van der Waals surface area contributed by atoms with Gasteiger partial charge in [0.15, 0.2) is 0 Å². The predicted octanol–water partition coefficient (Wildman–Crippen LogP) is 2.41. The fourth-order valence-electron chi connectivity index (χ4n) is 1.98. The summed E-state index contributed by atoms with van der Waals surface area (Å²) in [5.41, 5.74) is 8.43. The van der Waals surface area contributed by atoms with Crippen LogP contribution in [-0.2, 0) is 13.0 Å². The van der Waals surface area contributed by atoms with Crippen molar-refractivity contribution in [1.82, 2.24) is 4.57 Å². The zero-order valence-corrected chi connectivity index (χ0v) is 11.3. The number of amides is 1. The molecule has 5 heteroatoms. The van der Waals surface area contributed by atoms with Crippen LogP contribution in [-0.4, -0.2) is 10.5 Å². The number of nitrogen functional groups attached to an aromatic ring is 1. The molecule has 1 heterocycles. The largest absolute Gasteiger partial charge is 0.397 e. The topological polar surface area (TPSA) is 83.8 Å². The molecular formula is C15H16N4O. The molecular weight excluding hydrogens is 252 g/mol. The first-order valence-corrected chi connectivity index (χ1v) is 6.37. The molecule has 2 aromatic rings. The lowest BCUT2D eigenvalue weighted by Crippen LogP contribution is -2.16. The molecule has 0 atom stereocenters. The molecule has 0 aliphatic rings. The first-order chi connectivity index (χ1) is 9.63. The van der Waals surface area contributed by atoms with E-state index in [-0.39, 0.29) is 5.91 Å². The number of rotatable bonds is 4. The van der Waals surface area contributed by atoms with Crippen LogP contribution >= 0.6 is 0 Å². The van der Waals surface area contributed by atoms with Crippen LogP contribution in [0.15, 0.2) is 36.5 Å². The number of hydrogen-bond donors (Lipinski definition) is 2. The number of nitrogens with zero attached hydrogens (tertiary/aromatic N) is 2. The Morgan fingerprint density at radius 3 is 2.70 bits per heavy atom. The van der Waals surface area contributed by atoms with E-state index in [4.69, 9.17) is 11.0 Å². The molecule has 0 radical (unpaired) electrons. The molecule has 1 aromatic carbocycles. The maximum absolute atomic E-state index is 12.2. The molecule has 1 amide bonds. The van der Waals surface area contributed by atoms with Gasteiger partial charge in [-0.3, -0.25) is 4.79 Å². The lowest BCUT2D eigenvalue weighted by molar-refractivity contribution is 0.101. The minimum atomic E-state index is -0.198. The molecule has 0 spiro atoms. The van der Waals surface area contributed by atoms with Crippen molar-refractivity contribution in [1.29, 1.82) is 5.26 Å². The van der Waals surface area contributed by atoms with E-state index < -0.39 is 0 Å². The van der Waals surface area contributed by atoms with Crippen LogP contribution in [0.5, 0.6) is 0 Å². The number of aromatic nitrogens is 1. The van der Waals surface area contributed by atoms with Gasteiger partial charge < -0.3 is 15.6 Å². The molecule has 0 saturated heterocycles. The van der Waals surface area contributed by atoms with Gasteiger partial charge in [0.05, 0.1) is 18.2 Å². The Bertz CT molecular complexity index is 650. The van der Waals surface area contributed by atoms with E-state index in [0.29, 0.717) is 30.0 Å². The van der Waals surface area contributed by atoms with Gasteiger partial charge in [-0.25, -0.2) is 0 Å². The van der Waals surface area contributed by atoms with Gasteiger partial charge in [0.2, 0.25) is 0 Å². The Morgan fingerprint density at radius 1 is 1.40 bits per heavy atom. The SMILES string of the molecule is CCn1cc(N)cc1C(=O)Nc1ccc(CC#N)cc1. The highest BCUT2D eigenvalue weighted by atomic mass is 16.1. The van der Waals surface area contributed by atoms with Crippen molar-refractivity contribution >= 4 is 17.3 Å². The first kappa shape index (κ1) is 13.7. The van der Waals surface area contributed by atoms with Crippen LogP contribution in [0.4, 0.5) is 11.4 Å². The number of carbonyl (C=O) groups is 1. The summed E-state index contributed by atoms with van der Waals surface area (Å²) in [5, 5.41) is 11.4. The fourth-order valence-corrected chi connectivity index (χ4v) is 1.98. The number of anilines is 2. The first-order valence-electron chi connectivity index (χ1n) is 6.37. The fraction of sp³-hybridized carbons (Fsp3) is 0.200. The summed E-state index contributed by atoms with van der Waals surface area (Å²) in [5.74, 6) is -0.198. The van der Waals surface area contributed by atoms with E-state index in [1.54, 1.807) is 29.0 Å². The average molecular weight is 268 g/mol. The number of benzene rings is 1. The molecule has 0 aliphatic carbocycles. The summed E-state index contributed by atoms with van der Waals surface area (Å²) in [4.78, 5) is 12.2. The molecule has 0 unspecified atom stereocenters. The molecule has 0 bridgehead atoms. The zero-order chi connectivity index (χ0) is 14.5. The second-order valence-corrected chi connectivity index (χ2v) is 4.43. The summed E-state index contributed by atoms with van der Waals surface area (Å²) < 4.78 is 1.80. The highest BCUT2D eigenvalue weighted by Gasteiger charge is 2.12. The van der Waals surface area contributed by atoms with Gasteiger partial charge in [-0.15, -0.1) is 0 Å². The van der Waals surface area contributed by atoms with Crippen molar-refractivity contribution in [2.24, 2.45) is 0 Å². The molecule has 0 fully saturated rings. The Hall–Kier alpha value is -2.74. The predicted molar refractivity (Wildman–Crippen MR) is 78.2 cm³/mol. The zero-order valence-electron chi connectivity index (χ0n) is 11.3. The van der Waals surface area contributed by atoms with Crippen LogP contribution in [0.3, 0.4) is 0 Å². The Labute approximate surface area is 117 Å². The quantitative estimate of drug-likeness (QED) is 0.893. The summed E-state index contributed by atoms with van der Waals surface area (Å²) in [6.07, 6.45) is 2.11. The average Bonchev–Trinajstić information content (AvgIpc) is 2.82. The van der Waals surface area contributed by atoms with Crippen molar-refractivity contribution < 1.29 is 4.79 Å². The Kier molecular flexibility index (Phi) is 4.06. The van der Waals surface area contributed by atoms with E-state index >= 15 is 0 Å². The second kappa shape index (κ2) is 5.93. The lowest BCUT2D eigenvalue weighted by Gasteiger charge is -2.08. The summed E-state index contributed by atoms with van der Waals surface area (Å²) in [6.45, 7) is 2.63. The van der Waals surface area contributed by atoms with Crippen LogP contribution < -0.4 is 11.1 Å². The number of nitrogens with one attached hydrogen (secondary N) is 1. The van der Waals surface area contributed by atoms with Crippen molar-refractivity contribution in [2.75, 3.05) is 11.1 Å². The van der Waals surface area contributed by atoms with Gasteiger partial charge in [0.25, 0.3) is 5.91 Å². The van der Waals surface area contributed by atoms with Crippen LogP contribution in [0.1, 0.15) is 23.0 Å². The van der Waals surface area contributed by atoms with Gasteiger partial charge in [0.1, 0.15) is 5.69 Å². The normalized spacial score (nSPS) is 10.0. The van der Waals surface area contributed by atoms with Gasteiger partial charge in [-0.2, -0.15) is 5.26 Å². The molecule has 3 N–H and O–H groups in total. The maximum Gasteiger partial charge on any atom is 0.272 e. The van der Waals surface area contributed by atoms with E-state index in [0.717, 1.165) is 5.56 Å². The third-order valence-electron chi connectivity index (χ3n) is 2.99. The highest BCUT2D eigenvalue weighted by Crippen LogP contribution is 2.15. The van der Waals surface area contributed by atoms with Crippen LogP contribution in [0.2, 0.25) is 0 Å². The third kappa shape index (κ3) is 2.98. The smallest absolute Gasteiger partial charge is 0.272 e. The molecule has 2 rings (SSSR count). The number of carbonyl (C=O) groups excluding carboxylic acids is 1. The summed E-state index contributed by atoms with van der Waals surface area (Å²) in [6, 6.07) is 11.0.